The molecule has 8 heteroatoms. The summed E-state index contributed by atoms with van der Waals surface area (Å²) in [6.07, 6.45) is 12.9. The standard InChI is InChI=1S/C28H35ClN6O/c29-25-6-2-1-5-22(25)21-33-17-11-24(12-18-33)34-15-4-16-35(20-19-34)27-8-3-7-26(32-27)28(36)31-23-9-13-30-14-10-23/h1-3,5-10,13-14,24,27,32H,4,11-12,15-21H2,(H,30,31,36). The summed E-state index contributed by atoms with van der Waals surface area (Å²) < 4.78 is 0. The average molecular weight is 507 g/mol. The third-order valence-corrected chi connectivity index (χ3v) is 7.79. The molecule has 0 spiro atoms. The lowest BCUT2D eigenvalue weighted by atomic mass is 10.0. The van der Waals surface area contributed by atoms with Crippen molar-refractivity contribution in [1.82, 2.24) is 25.0 Å². The van der Waals surface area contributed by atoms with E-state index in [2.05, 4.69) is 48.5 Å². The fourth-order valence-electron chi connectivity index (χ4n) is 5.41. The van der Waals surface area contributed by atoms with Crippen LogP contribution in [0.2, 0.25) is 5.02 Å². The van der Waals surface area contributed by atoms with Crippen LogP contribution in [0.25, 0.3) is 0 Å². The SMILES string of the molecule is O=C(Nc1ccncc1)C1=CC=CC(N2CCCN(C3CCN(Cc4ccccc4Cl)CC3)CC2)N1. The number of piperidine rings is 1. The molecule has 2 fully saturated rings. The molecule has 190 valence electrons. The predicted octanol–water partition coefficient (Wildman–Crippen LogP) is 3.72. The topological polar surface area (TPSA) is 63.7 Å². The lowest BCUT2D eigenvalue weighted by molar-refractivity contribution is -0.113. The maximum absolute atomic E-state index is 12.7. The van der Waals surface area contributed by atoms with Gasteiger partial charge in [0.25, 0.3) is 5.91 Å². The molecule has 1 unspecified atom stereocenters. The third kappa shape index (κ3) is 6.34. The molecule has 0 bridgehead atoms. The van der Waals surface area contributed by atoms with Gasteiger partial charge in [0.1, 0.15) is 5.70 Å². The van der Waals surface area contributed by atoms with Gasteiger partial charge >= 0.3 is 0 Å². The molecule has 1 aromatic carbocycles. The molecule has 2 N–H and O–H groups in total. The fourth-order valence-corrected chi connectivity index (χ4v) is 5.61. The van der Waals surface area contributed by atoms with Crippen LogP contribution in [0.1, 0.15) is 24.8 Å². The average Bonchev–Trinajstić information content (AvgIpc) is 3.18. The van der Waals surface area contributed by atoms with Crippen LogP contribution in [-0.4, -0.2) is 77.1 Å². The number of hydrogen-bond acceptors (Lipinski definition) is 6. The Hall–Kier alpha value is -2.71. The second kappa shape index (κ2) is 12.0. The lowest BCUT2D eigenvalue weighted by Gasteiger charge is -2.38. The molecule has 4 heterocycles. The zero-order valence-electron chi connectivity index (χ0n) is 20.7. The van der Waals surface area contributed by atoms with Crippen LogP contribution in [0.4, 0.5) is 5.69 Å². The Balaban J connectivity index is 1.09. The van der Waals surface area contributed by atoms with E-state index >= 15 is 0 Å². The number of carbonyl (C=O) groups is 1. The number of benzene rings is 1. The molecule has 1 aromatic heterocycles. The second-order valence-corrected chi connectivity index (χ2v) is 10.2. The maximum Gasteiger partial charge on any atom is 0.271 e. The van der Waals surface area contributed by atoms with Crippen molar-refractivity contribution < 1.29 is 4.79 Å². The zero-order chi connectivity index (χ0) is 24.7. The largest absolute Gasteiger partial charge is 0.362 e. The Morgan fingerprint density at radius 2 is 1.75 bits per heavy atom. The Bertz CT molecular complexity index is 1080. The Morgan fingerprint density at radius 3 is 2.56 bits per heavy atom. The van der Waals surface area contributed by atoms with Gasteiger partial charge in [0, 0.05) is 55.3 Å². The van der Waals surface area contributed by atoms with E-state index in [1.165, 1.54) is 18.4 Å². The van der Waals surface area contributed by atoms with Crippen molar-refractivity contribution in [2.45, 2.75) is 38.0 Å². The van der Waals surface area contributed by atoms with E-state index in [1.54, 1.807) is 24.5 Å². The summed E-state index contributed by atoms with van der Waals surface area (Å²) in [5.74, 6) is -0.129. The van der Waals surface area contributed by atoms with Gasteiger partial charge in [-0.1, -0.05) is 35.9 Å². The zero-order valence-corrected chi connectivity index (χ0v) is 21.4. The molecule has 7 nitrogen and oxygen atoms in total. The predicted molar refractivity (Wildman–Crippen MR) is 145 cm³/mol. The fraction of sp³-hybridized carbons (Fsp3) is 0.429. The highest BCUT2D eigenvalue weighted by Gasteiger charge is 2.29. The first-order chi connectivity index (χ1) is 17.7. The summed E-state index contributed by atoms with van der Waals surface area (Å²) in [4.78, 5) is 24.4. The van der Waals surface area contributed by atoms with Gasteiger partial charge in [-0.15, -0.1) is 0 Å². The number of dihydropyridines is 1. The van der Waals surface area contributed by atoms with E-state index in [0.717, 1.165) is 62.9 Å². The third-order valence-electron chi connectivity index (χ3n) is 7.43. The number of nitrogens with zero attached hydrogens (tertiary/aromatic N) is 4. The second-order valence-electron chi connectivity index (χ2n) is 9.77. The molecule has 1 amide bonds. The van der Waals surface area contributed by atoms with Crippen LogP contribution in [0.15, 0.2) is 72.7 Å². The van der Waals surface area contributed by atoms with Crippen molar-refractivity contribution in [2.24, 2.45) is 0 Å². The van der Waals surface area contributed by atoms with Gasteiger partial charge in [-0.25, -0.2) is 0 Å². The van der Waals surface area contributed by atoms with Gasteiger partial charge in [0.15, 0.2) is 0 Å². The lowest BCUT2D eigenvalue weighted by Crippen LogP contribution is -2.49. The quantitative estimate of drug-likeness (QED) is 0.622. The molecule has 3 aliphatic heterocycles. The van der Waals surface area contributed by atoms with Crippen LogP contribution >= 0.6 is 11.6 Å². The molecule has 3 aliphatic rings. The molecule has 0 radical (unpaired) electrons. The number of rotatable bonds is 6. The van der Waals surface area contributed by atoms with Gasteiger partial charge in [0.2, 0.25) is 0 Å². The van der Waals surface area contributed by atoms with Crippen molar-refractivity contribution in [3.05, 3.63) is 83.3 Å². The van der Waals surface area contributed by atoms with E-state index in [-0.39, 0.29) is 12.1 Å². The van der Waals surface area contributed by atoms with E-state index in [0.29, 0.717) is 11.7 Å². The van der Waals surface area contributed by atoms with E-state index in [4.69, 9.17) is 11.6 Å². The van der Waals surface area contributed by atoms with Gasteiger partial charge in [-0.05, 0) is 74.8 Å². The minimum Gasteiger partial charge on any atom is -0.362 e. The first kappa shape index (κ1) is 25.0. The van der Waals surface area contributed by atoms with Crippen LogP contribution in [0.5, 0.6) is 0 Å². The summed E-state index contributed by atoms with van der Waals surface area (Å²) in [6.45, 7) is 7.36. The van der Waals surface area contributed by atoms with Gasteiger partial charge in [-0.2, -0.15) is 0 Å². The Kier molecular flexibility index (Phi) is 8.33. The number of likely N-dealkylation sites (tertiary alicyclic amines) is 1. The maximum atomic E-state index is 12.7. The van der Waals surface area contributed by atoms with Crippen molar-refractivity contribution in [3.8, 4) is 0 Å². The van der Waals surface area contributed by atoms with Crippen LogP contribution in [-0.2, 0) is 11.3 Å². The molecule has 1 atom stereocenters. The van der Waals surface area contributed by atoms with E-state index in [1.807, 2.05) is 24.3 Å². The monoisotopic (exact) mass is 506 g/mol. The molecule has 0 saturated carbocycles. The first-order valence-corrected chi connectivity index (χ1v) is 13.3. The van der Waals surface area contributed by atoms with Gasteiger partial charge < -0.3 is 10.6 Å². The molecule has 2 aromatic rings. The number of aromatic nitrogens is 1. The van der Waals surface area contributed by atoms with Crippen molar-refractivity contribution in [2.75, 3.05) is 44.6 Å². The summed E-state index contributed by atoms with van der Waals surface area (Å²) in [6, 6.07) is 12.4. The number of hydrogen-bond donors (Lipinski definition) is 2. The van der Waals surface area contributed by atoms with Crippen molar-refractivity contribution in [1.29, 1.82) is 0 Å². The molecule has 36 heavy (non-hydrogen) atoms. The van der Waals surface area contributed by atoms with E-state index < -0.39 is 0 Å². The number of anilines is 1. The Morgan fingerprint density at radius 1 is 1.00 bits per heavy atom. The summed E-state index contributed by atoms with van der Waals surface area (Å²) in [5, 5.41) is 7.24. The highest BCUT2D eigenvalue weighted by atomic mass is 35.5. The highest BCUT2D eigenvalue weighted by molar-refractivity contribution is 6.31. The van der Waals surface area contributed by atoms with Gasteiger partial charge in [-0.3, -0.25) is 24.5 Å². The van der Waals surface area contributed by atoms with E-state index in [9.17, 15) is 4.79 Å². The van der Waals surface area contributed by atoms with Crippen LogP contribution in [0, 0.1) is 0 Å². The summed E-state index contributed by atoms with van der Waals surface area (Å²) >= 11 is 6.38. The minimum absolute atomic E-state index is 0.0330. The normalized spacial score (nSPS) is 22.5. The smallest absolute Gasteiger partial charge is 0.271 e. The number of pyridine rings is 1. The molecular formula is C28H35ClN6O. The molecular weight excluding hydrogens is 472 g/mol. The summed E-state index contributed by atoms with van der Waals surface area (Å²) in [7, 11) is 0. The first-order valence-electron chi connectivity index (χ1n) is 13.0. The summed E-state index contributed by atoms with van der Waals surface area (Å²) in [5.41, 5.74) is 2.55. The number of nitrogens with one attached hydrogen (secondary N) is 2. The molecule has 0 aliphatic carbocycles. The number of carbonyl (C=O) groups excluding carboxylic acids is 1. The van der Waals surface area contributed by atoms with Crippen molar-refractivity contribution >= 4 is 23.2 Å². The van der Waals surface area contributed by atoms with Crippen LogP contribution in [0.3, 0.4) is 0 Å². The van der Waals surface area contributed by atoms with Gasteiger partial charge in [0.05, 0.1) is 6.17 Å². The van der Waals surface area contributed by atoms with Crippen LogP contribution < -0.4 is 10.6 Å². The minimum atomic E-state index is -0.129. The molecule has 2 saturated heterocycles. The highest BCUT2D eigenvalue weighted by Crippen LogP contribution is 2.23. The molecule has 5 rings (SSSR count). The number of amides is 1. The Labute approximate surface area is 218 Å². The number of allylic oxidation sites excluding steroid dienone is 2. The number of halogens is 1. The van der Waals surface area contributed by atoms with Crippen molar-refractivity contribution in [3.63, 3.8) is 0 Å².